The Morgan fingerprint density at radius 2 is 2.14 bits per heavy atom. The molecule has 1 aliphatic heterocycles. The van der Waals surface area contributed by atoms with Crippen molar-refractivity contribution in [2.45, 2.75) is 44.6 Å². The van der Waals surface area contributed by atoms with Crippen molar-refractivity contribution >= 4 is 10.0 Å². The van der Waals surface area contributed by atoms with E-state index in [1.807, 2.05) is 13.8 Å². The van der Waals surface area contributed by atoms with Crippen LogP contribution >= 0.6 is 0 Å². The molecule has 3 rings (SSSR count). The fraction of sp³-hybridized carbons (Fsp3) is 0.571. The minimum atomic E-state index is -3.48. The molecule has 0 bridgehead atoms. The monoisotopic (exact) mass is 323 g/mol. The Labute approximate surface area is 130 Å². The Morgan fingerprint density at radius 3 is 2.73 bits per heavy atom. The smallest absolute Gasteiger partial charge is 0.246 e. The normalized spacial score (nSPS) is 19.9. The molecule has 0 spiro atoms. The fourth-order valence-corrected chi connectivity index (χ4v) is 4.61. The summed E-state index contributed by atoms with van der Waals surface area (Å²) >= 11 is 0. The van der Waals surface area contributed by atoms with Gasteiger partial charge in [-0.3, -0.25) is 4.68 Å². The average molecular weight is 323 g/mol. The average Bonchev–Trinajstić information content (AvgIpc) is 3.17. The zero-order chi connectivity index (χ0) is 15.9. The minimum Gasteiger partial charge on any atom is -0.346 e. The number of H-pyrrole nitrogens is 1. The van der Waals surface area contributed by atoms with Gasteiger partial charge in [0.1, 0.15) is 10.7 Å². The first-order chi connectivity index (χ1) is 10.4. The summed E-state index contributed by atoms with van der Waals surface area (Å²) < 4.78 is 28.9. The van der Waals surface area contributed by atoms with Gasteiger partial charge in [-0.25, -0.2) is 13.4 Å². The molecule has 0 amide bonds. The molecule has 0 radical (unpaired) electrons. The number of hydrogen-bond acceptors (Lipinski definition) is 4. The first kappa shape index (κ1) is 15.2. The first-order valence-electron chi connectivity index (χ1n) is 7.47. The molecular formula is C14H21N5O2S. The Kier molecular flexibility index (Phi) is 3.82. The number of aryl methyl sites for hydroxylation is 2. The number of imidazole rings is 1. The van der Waals surface area contributed by atoms with Crippen molar-refractivity contribution in [3.8, 4) is 0 Å². The van der Waals surface area contributed by atoms with Crippen LogP contribution in [0.5, 0.6) is 0 Å². The van der Waals surface area contributed by atoms with Crippen LogP contribution in [-0.4, -0.2) is 45.6 Å². The molecular weight excluding hydrogens is 302 g/mol. The minimum absolute atomic E-state index is 0.130. The van der Waals surface area contributed by atoms with Crippen LogP contribution in [0.1, 0.15) is 36.5 Å². The third-order valence-electron chi connectivity index (χ3n) is 4.24. The summed E-state index contributed by atoms with van der Waals surface area (Å²) in [4.78, 5) is 7.84. The quantitative estimate of drug-likeness (QED) is 0.922. The number of sulfonamides is 1. The number of rotatable bonds is 4. The van der Waals surface area contributed by atoms with Crippen LogP contribution < -0.4 is 0 Å². The molecule has 3 heterocycles. The maximum Gasteiger partial charge on any atom is 0.246 e. The maximum absolute atomic E-state index is 12.8. The summed E-state index contributed by atoms with van der Waals surface area (Å²) in [6.07, 6.45) is 4.02. The van der Waals surface area contributed by atoms with Gasteiger partial charge >= 0.3 is 0 Å². The second-order valence-electron chi connectivity index (χ2n) is 5.71. The number of nitrogens with zero attached hydrogens (tertiary/aromatic N) is 4. The highest BCUT2D eigenvalue weighted by Gasteiger charge is 2.36. The van der Waals surface area contributed by atoms with Crippen molar-refractivity contribution in [3.63, 3.8) is 0 Å². The fourth-order valence-electron chi connectivity index (χ4n) is 2.95. The first-order valence-corrected chi connectivity index (χ1v) is 8.91. The van der Waals surface area contributed by atoms with Crippen molar-refractivity contribution < 1.29 is 8.42 Å². The molecule has 22 heavy (non-hydrogen) atoms. The molecule has 1 fully saturated rings. The third kappa shape index (κ3) is 2.46. The SMILES string of the molecule is CCn1ncc(S(=O)(=O)N2CCC(c3ncc(C)[nH]3)C2)c1C. The number of aromatic nitrogens is 4. The Morgan fingerprint density at radius 1 is 1.36 bits per heavy atom. The van der Waals surface area contributed by atoms with E-state index in [0.717, 1.165) is 17.9 Å². The van der Waals surface area contributed by atoms with Gasteiger partial charge in [-0.1, -0.05) is 0 Å². The highest BCUT2D eigenvalue weighted by molar-refractivity contribution is 7.89. The van der Waals surface area contributed by atoms with E-state index in [2.05, 4.69) is 15.1 Å². The van der Waals surface area contributed by atoms with Crippen LogP contribution in [-0.2, 0) is 16.6 Å². The predicted molar refractivity (Wildman–Crippen MR) is 82.1 cm³/mol. The molecule has 0 aromatic carbocycles. The second kappa shape index (κ2) is 5.51. The van der Waals surface area contributed by atoms with Crippen molar-refractivity contribution in [2.24, 2.45) is 0 Å². The molecule has 7 nitrogen and oxygen atoms in total. The lowest BCUT2D eigenvalue weighted by Crippen LogP contribution is -2.29. The molecule has 2 aromatic rings. The van der Waals surface area contributed by atoms with Gasteiger partial charge in [0.05, 0.1) is 11.9 Å². The Balaban J connectivity index is 1.83. The van der Waals surface area contributed by atoms with Crippen LogP contribution in [0.4, 0.5) is 0 Å². The van der Waals surface area contributed by atoms with Crippen LogP contribution in [0.3, 0.4) is 0 Å². The molecule has 1 unspecified atom stereocenters. The molecule has 1 saturated heterocycles. The van der Waals surface area contributed by atoms with Gasteiger partial charge in [0.2, 0.25) is 10.0 Å². The van der Waals surface area contributed by atoms with E-state index >= 15 is 0 Å². The summed E-state index contributed by atoms with van der Waals surface area (Å²) in [5.41, 5.74) is 1.69. The molecule has 120 valence electrons. The highest BCUT2D eigenvalue weighted by Crippen LogP contribution is 2.30. The summed E-state index contributed by atoms with van der Waals surface area (Å²) in [6.45, 7) is 7.34. The van der Waals surface area contributed by atoms with E-state index in [9.17, 15) is 8.42 Å². The van der Waals surface area contributed by atoms with E-state index in [1.165, 1.54) is 6.20 Å². The molecule has 8 heteroatoms. The molecule has 1 aliphatic rings. The summed E-state index contributed by atoms with van der Waals surface area (Å²) in [5.74, 6) is 1.00. The van der Waals surface area contributed by atoms with Gasteiger partial charge < -0.3 is 4.98 Å². The molecule has 0 aliphatic carbocycles. The highest BCUT2D eigenvalue weighted by atomic mass is 32.2. The van der Waals surface area contributed by atoms with E-state index in [4.69, 9.17) is 0 Å². The van der Waals surface area contributed by atoms with E-state index in [0.29, 0.717) is 30.2 Å². The number of aromatic amines is 1. The van der Waals surface area contributed by atoms with Gasteiger partial charge in [0.15, 0.2) is 0 Å². The van der Waals surface area contributed by atoms with Gasteiger partial charge in [0.25, 0.3) is 0 Å². The van der Waals surface area contributed by atoms with Crippen molar-refractivity contribution in [2.75, 3.05) is 13.1 Å². The molecule has 1 atom stereocenters. The van der Waals surface area contributed by atoms with Crippen LogP contribution in [0.15, 0.2) is 17.3 Å². The number of nitrogens with one attached hydrogen (secondary N) is 1. The third-order valence-corrected chi connectivity index (χ3v) is 6.20. The van der Waals surface area contributed by atoms with Gasteiger partial charge in [-0.15, -0.1) is 0 Å². The summed E-state index contributed by atoms with van der Waals surface area (Å²) in [5, 5.41) is 4.14. The second-order valence-corrected chi connectivity index (χ2v) is 7.62. The Bertz CT molecular complexity index is 777. The summed E-state index contributed by atoms with van der Waals surface area (Å²) in [6, 6.07) is 0. The lowest BCUT2D eigenvalue weighted by Gasteiger charge is -2.16. The number of hydrogen-bond donors (Lipinski definition) is 1. The Hall–Kier alpha value is -1.67. The van der Waals surface area contributed by atoms with E-state index < -0.39 is 10.0 Å². The van der Waals surface area contributed by atoms with Gasteiger partial charge in [-0.2, -0.15) is 9.40 Å². The van der Waals surface area contributed by atoms with Gasteiger partial charge in [0, 0.05) is 37.4 Å². The van der Waals surface area contributed by atoms with Crippen LogP contribution in [0.2, 0.25) is 0 Å². The zero-order valence-corrected chi connectivity index (χ0v) is 13.9. The standard InChI is InChI=1S/C14H21N5O2S/c1-4-19-11(3)13(8-16-19)22(20,21)18-6-5-12(9-18)14-15-7-10(2)17-14/h7-8,12H,4-6,9H2,1-3H3,(H,15,17). The van der Waals surface area contributed by atoms with Crippen LogP contribution in [0.25, 0.3) is 0 Å². The topological polar surface area (TPSA) is 83.9 Å². The van der Waals surface area contributed by atoms with Gasteiger partial charge in [-0.05, 0) is 27.2 Å². The molecule has 1 N–H and O–H groups in total. The van der Waals surface area contributed by atoms with Crippen LogP contribution in [0, 0.1) is 13.8 Å². The van der Waals surface area contributed by atoms with E-state index in [1.54, 1.807) is 22.1 Å². The summed E-state index contributed by atoms with van der Waals surface area (Å²) in [7, 11) is -3.48. The lowest BCUT2D eigenvalue weighted by molar-refractivity contribution is 0.470. The zero-order valence-electron chi connectivity index (χ0n) is 13.1. The van der Waals surface area contributed by atoms with Crippen molar-refractivity contribution in [1.82, 2.24) is 24.1 Å². The molecule has 0 saturated carbocycles. The molecule has 2 aromatic heterocycles. The van der Waals surface area contributed by atoms with Crippen molar-refractivity contribution in [1.29, 1.82) is 0 Å². The predicted octanol–water partition coefficient (Wildman–Crippen LogP) is 1.42. The van der Waals surface area contributed by atoms with E-state index in [-0.39, 0.29) is 5.92 Å². The largest absolute Gasteiger partial charge is 0.346 e. The maximum atomic E-state index is 12.8. The lowest BCUT2D eigenvalue weighted by atomic mass is 10.1. The van der Waals surface area contributed by atoms with Crippen molar-refractivity contribution in [3.05, 3.63) is 29.6 Å².